The van der Waals surface area contributed by atoms with Gasteiger partial charge in [-0.2, -0.15) is 13.5 Å². The fourth-order valence-corrected chi connectivity index (χ4v) is 3.24. The molecule has 1 unspecified atom stereocenters. The van der Waals surface area contributed by atoms with E-state index in [4.69, 9.17) is 4.74 Å². The maximum Gasteiger partial charge on any atom is 0.387 e. The lowest BCUT2D eigenvalue weighted by Crippen LogP contribution is -2.20. The minimum absolute atomic E-state index is 0.0145. The Hall–Kier alpha value is -3.49. The van der Waals surface area contributed by atoms with Crippen molar-refractivity contribution in [2.45, 2.75) is 26.5 Å². The number of hydrogen-bond acceptors (Lipinski definition) is 6. The van der Waals surface area contributed by atoms with Crippen LogP contribution in [0.2, 0.25) is 0 Å². The normalized spacial score (nSPS) is 15.5. The van der Waals surface area contributed by atoms with Crippen LogP contribution >= 0.6 is 0 Å². The number of halogens is 2. The van der Waals surface area contributed by atoms with E-state index in [1.165, 1.54) is 6.07 Å². The third kappa shape index (κ3) is 3.89. The molecule has 2 aromatic carbocycles. The Labute approximate surface area is 165 Å². The van der Waals surface area contributed by atoms with Crippen molar-refractivity contribution in [2.24, 2.45) is 0 Å². The van der Waals surface area contributed by atoms with Gasteiger partial charge in [-0.15, -0.1) is 0 Å². The molecule has 1 N–H and O–H groups in total. The van der Waals surface area contributed by atoms with Crippen molar-refractivity contribution in [1.82, 2.24) is 20.2 Å². The van der Waals surface area contributed by atoms with E-state index in [0.717, 1.165) is 22.4 Å². The number of fused-ring (bicyclic) bond motifs is 1. The van der Waals surface area contributed by atoms with Crippen LogP contribution in [0.3, 0.4) is 0 Å². The van der Waals surface area contributed by atoms with Crippen LogP contribution in [0.1, 0.15) is 29.7 Å². The van der Waals surface area contributed by atoms with Crippen LogP contribution in [0.5, 0.6) is 11.5 Å². The summed E-state index contributed by atoms with van der Waals surface area (Å²) < 4.78 is 37.1. The minimum atomic E-state index is -2.93. The Morgan fingerprint density at radius 2 is 2.03 bits per heavy atom. The number of nitrogens with one attached hydrogen (secondary N) is 1. The standard InChI is InChI=1S/C20H19F2N5O2/c1-3-28-18-10-14(7-8-17(18)29-19(21)22)16-11-15(13-6-4-5-12(2)9-13)23-20-24-25-26-27(16)20/h4-11,16,19H,3H2,1-2H3,(H,23,24,26). The maximum atomic E-state index is 12.7. The molecular formula is C20H19F2N5O2. The summed E-state index contributed by atoms with van der Waals surface area (Å²) >= 11 is 0. The molecule has 0 radical (unpaired) electrons. The van der Waals surface area contributed by atoms with Gasteiger partial charge in [0.1, 0.15) is 6.04 Å². The van der Waals surface area contributed by atoms with E-state index in [0.29, 0.717) is 12.6 Å². The highest BCUT2D eigenvalue weighted by Gasteiger charge is 2.25. The summed E-state index contributed by atoms with van der Waals surface area (Å²) in [5, 5.41) is 15.1. The predicted octanol–water partition coefficient (Wildman–Crippen LogP) is 4.04. The number of anilines is 1. The van der Waals surface area contributed by atoms with E-state index < -0.39 is 6.61 Å². The van der Waals surface area contributed by atoms with Gasteiger partial charge in [0.15, 0.2) is 11.5 Å². The van der Waals surface area contributed by atoms with Crippen LogP contribution in [0, 0.1) is 6.92 Å². The average Bonchev–Trinajstić information content (AvgIpc) is 3.17. The van der Waals surface area contributed by atoms with Crippen molar-refractivity contribution in [3.8, 4) is 11.5 Å². The predicted molar refractivity (Wildman–Crippen MR) is 103 cm³/mol. The molecule has 1 aliphatic rings. The molecule has 1 atom stereocenters. The molecule has 9 heteroatoms. The Balaban J connectivity index is 1.77. The van der Waals surface area contributed by atoms with E-state index in [1.54, 1.807) is 23.7 Å². The topological polar surface area (TPSA) is 74.1 Å². The summed E-state index contributed by atoms with van der Waals surface area (Å²) in [7, 11) is 0. The number of ether oxygens (including phenoxy) is 2. The lowest BCUT2D eigenvalue weighted by molar-refractivity contribution is -0.0514. The summed E-state index contributed by atoms with van der Waals surface area (Å²) in [6.45, 7) is 1.18. The first-order chi connectivity index (χ1) is 14.0. The van der Waals surface area contributed by atoms with E-state index in [9.17, 15) is 8.78 Å². The molecule has 0 saturated carbocycles. The number of alkyl halides is 2. The SMILES string of the molecule is CCOc1cc(C2C=C(c3cccc(C)c3)Nc3nnnn32)ccc1OC(F)F. The van der Waals surface area contributed by atoms with E-state index in [1.807, 2.05) is 31.2 Å². The first kappa shape index (κ1) is 18.9. The second-order valence-corrected chi connectivity index (χ2v) is 6.48. The van der Waals surface area contributed by atoms with Crippen LogP contribution in [-0.4, -0.2) is 33.4 Å². The van der Waals surface area contributed by atoms with Crippen molar-refractivity contribution >= 4 is 11.6 Å². The zero-order valence-electron chi connectivity index (χ0n) is 15.8. The molecule has 1 aromatic heterocycles. The van der Waals surface area contributed by atoms with Crippen LogP contribution in [-0.2, 0) is 0 Å². The molecule has 1 aliphatic heterocycles. The molecule has 0 saturated heterocycles. The smallest absolute Gasteiger partial charge is 0.387 e. The lowest BCUT2D eigenvalue weighted by atomic mass is 10.0. The van der Waals surface area contributed by atoms with Crippen LogP contribution in [0.25, 0.3) is 5.70 Å². The van der Waals surface area contributed by atoms with Gasteiger partial charge in [-0.1, -0.05) is 34.9 Å². The molecule has 29 heavy (non-hydrogen) atoms. The zero-order valence-corrected chi connectivity index (χ0v) is 15.8. The number of aryl methyl sites for hydroxylation is 1. The molecule has 0 bridgehead atoms. The number of hydrogen-bond donors (Lipinski definition) is 1. The second kappa shape index (κ2) is 7.86. The van der Waals surface area contributed by atoms with Gasteiger partial charge >= 0.3 is 6.61 Å². The first-order valence-electron chi connectivity index (χ1n) is 9.10. The Morgan fingerprint density at radius 3 is 2.79 bits per heavy atom. The van der Waals surface area contributed by atoms with Crippen molar-refractivity contribution in [3.05, 3.63) is 65.2 Å². The van der Waals surface area contributed by atoms with Gasteiger partial charge in [-0.05, 0) is 59.7 Å². The van der Waals surface area contributed by atoms with Crippen molar-refractivity contribution in [3.63, 3.8) is 0 Å². The molecule has 7 nitrogen and oxygen atoms in total. The van der Waals surface area contributed by atoms with Gasteiger partial charge in [-0.3, -0.25) is 0 Å². The summed E-state index contributed by atoms with van der Waals surface area (Å²) in [4.78, 5) is 0. The largest absolute Gasteiger partial charge is 0.490 e. The van der Waals surface area contributed by atoms with Crippen molar-refractivity contribution in [1.29, 1.82) is 0 Å². The third-order valence-corrected chi connectivity index (χ3v) is 4.48. The number of rotatable bonds is 6. The van der Waals surface area contributed by atoms with Gasteiger partial charge in [-0.25, -0.2) is 0 Å². The highest BCUT2D eigenvalue weighted by atomic mass is 19.3. The van der Waals surface area contributed by atoms with Crippen molar-refractivity contribution < 1.29 is 18.3 Å². The average molecular weight is 399 g/mol. The van der Waals surface area contributed by atoms with Crippen LogP contribution < -0.4 is 14.8 Å². The Morgan fingerprint density at radius 1 is 1.17 bits per heavy atom. The van der Waals surface area contributed by atoms with Gasteiger partial charge in [0, 0.05) is 5.70 Å². The molecule has 2 heterocycles. The zero-order chi connectivity index (χ0) is 20.4. The Bertz CT molecular complexity index is 1050. The second-order valence-electron chi connectivity index (χ2n) is 6.48. The summed E-state index contributed by atoms with van der Waals surface area (Å²) in [6.07, 6.45) is 1.98. The van der Waals surface area contributed by atoms with Crippen LogP contribution in [0.4, 0.5) is 14.7 Å². The lowest BCUT2D eigenvalue weighted by Gasteiger charge is -2.24. The van der Waals surface area contributed by atoms with E-state index >= 15 is 0 Å². The third-order valence-electron chi connectivity index (χ3n) is 4.48. The van der Waals surface area contributed by atoms with Gasteiger partial charge in [0.05, 0.1) is 6.61 Å². The highest BCUT2D eigenvalue weighted by Crippen LogP contribution is 2.36. The molecular weight excluding hydrogens is 380 g/mol. The quantitative estimate of drug-likeness (QED) is 0.674. The maximum absolute atomic E-state index is 12.7. The minimum Gasteiger partial charge on any atom is -0.490 e. The fraction of sp³-hybridized carbons (Fsp3) is 0.250. The molecule has 3 aromatic rings. The highest BCUT2D eigenvalue weighted by molar-refractivity contribution is 5.77. The first-order valence-corrected chi connectivity index (χ1v) is 9.10. The monoisotopic (exact) mass is 399 g/mol. The fourth-order valence-electron chi connectivity index (χ4n) is 3.24. The number of aromatic nitrogens is 4. The summed E-state index contributed by atoms with van der Waals surface area (Å²) in [6, 6.07) is 12.5. The van der Waals surface area contributed by atoms with Crippen LogP contribution in [0.15, 0.2) is 48.5 Å². The van der Waals surface area contributed by atoms with Gasteiger partial charge in [0.2, 0.25) is 5.95 Å². The van der Waals surface area contributed by atoms with Gasteiger partial charge < -0.3 is 14.8 Å². The molecule has 0 fully saturated rings. The number of nitrogens with zero attached hydrogens (tertiary/aromatic N) is 4. The number of benzene rings is 2. The van der Waals surface area contributed by atoms with E-state index in [-0.39, 0.29) is 17.5 Å². The molecule has 4 rings (SSSR count). The number of tetrazole rings is 1. The molecule has 150 valence electrons. The van der Waals surface area contributed by atoms with E-state index in [2.05, 4.69) is 31.6 Å². The van der Waals surface area contributed by atoms with Gasteiger partial charge in [0.25, 0.3) is 0 Å². The molecule has 0 spiro atoms. The molecule has 0 aliphatic carbocycles. The number of allylic oxidation sites excluding steroid dienone is 1. The summed E-state index contributed by atoms with van der Waals surface area (Å²) in [5.74, 6) is 0.711. The molecule has 0 amide bonds. The Kier molecular flexibility index (Phi) is 5.11. The summed E-state index contributed by atoms with van der Waals surface area (Å²) in [5.41, 5.74) is 3.74. The van der Waals surface area contributed by atoms with Crippen molar-refractivity contribution in [2.75, 3.05) is 11.9 Å².